The van der Waals surface area contributed by atoms with Gasteiger partial charge in [-0.2, -0.15) is 0 Å². The van der Waals surface area contributed by atoms with E-state index in [1.54, 1.807) is 0 Å². The van der Waals surface area contributed by atoms with Gasteiger partial charge in [-0.3, -0.25) is 0 Å². The first-order chi connectivity index (χ1) is 10.2. The van der Waals surface area contributed by atoms with Crippen molar-refractivity contribution in [3.8, 4) is 0 Å². The second-order valence-corrected chi connectivity index (χ2v) is 6.28. The molecule has 1 aromatic carbocycles. The van der Waals surface area contributed by atoms with Gasteiger partial charge in [-0.25, -0.2) is 0 Å². The zero-order valence-corrected chi connectivity index (χ0v) is 13.3. The molecule has 21 heavy (non-hydrogen) atoms. The molecular formula is C18H29NO2. The Morgan fingerprint density at radius 2 is 1.86 bits per heavy atom. The van der Waals surface area contributed by atoms with Crippen molar-refractivity contribution in [3.63, 3.8) is 0 Å². The summed E-state index contributed by atoms with van der Waals surface area (Å²) in [5.41, 5.74) is 1.15. The highest BCUT2D eigenvalue weighted by atomic mass is 16.5. The lowest BCUT2D eigenvalue weighted by molar-refractivity contribution is -0.00329. The van der Waals surface area contributed by atoms with Gasteiger partial charge in [0.05, 0.1) is 18.8 Å². The number of benzene rings is 1. The molecule has 0 spiro atoms. The van der Waals surface area contributed by atoms with Gasteiger partial charge in [-0.1, -0.05) is 43.2 Å². The second-order valence-electron chi connectivity index (χ2n) is 6.28. The standard InChI is InChI=1S/C18H29NO2/c1-14(16-8-6-7-9-16)19-12-18(20)13-21-15(2)17-10-4-3-5-11-17/h3-5,10-11,14-16,18-20H,6-9,12-13H2,1-2H3. The van der Waals surface area contributed by atoms with Gasteiger partial charge in [0.25, 0.3) is 0 Å². The molecule has 1 saturated carbocycles. The third-order valence-electron chi connectivity index (χ3n) is 4.59. The summed E-state index contributed by atoms with van der Waals surface area (Å²) in [7, 11) is 0. The highest BCUT2D eigenvalue weighted by Gasteiger charge is 2.21. The van der Waals surface area contributed by atoms with Crippen LogP contribution in [0.1, 0.15) is 51.2 Å². The smallest absolute Gasteiger partial charge is 0.0898 e. The van der Waals surface area contributed by atoms with Gasteiger partial charge in [0.15, 0.2) is 0 Å². The molecule has 3 atom stereocenters. The first-order valence-electron chi connectivity index (χ1n) is 8.25. The van der Waals surface area contributed by atoms with Gasteiger partial charge in [-0.15, -0.1) is 0 Å². The Balaban J connectivity index is 1.64. The molecule has 0 amide bonds. The van der Waals surface area contributed by atoms with E-state index in [0.717, 1.165) is 11.5 Å². The molecule has 1 aromatic rings. The Hall–Kier alpha value is -0.900. The second kappa shape index (κ2) is 8.52. The average molecular weight is 291 g/mol. The number of aliphatic hydroxyl groups is 1. The molecule has 3 nitrogen and oxygen atoms in total. The Kier molecular flexibility index (Phi) is 6.68. The van der Waals surface area contributed by atoms with Gasteiger partial charge in [0.2, 0.25) is 0 Å². The Labute approximate surface area is 128 Å². The number of rotatable bonds is 8. The minimum atomic E-state index is -0.444. The number of ether oxygens (including phenoxy) is 1. The number of nitrogens with one attached hydrogen (secondary N) is 1. The minimum Gasteiger partial charge on any atom is -0.389 e. The van der Waals surface area contributed by atoms with E-state index >= 15 is 0 Å². The lowest BCUT2D eigenvalue weighted by atomic mass is 10.00. The Morgan fingerprint density at radius 1 is 1.19 bits per heavy atom. The highest BCUT2D eigenvalue weighted by molar-refractivity contribution is 5.16. The summed E-state index contributed by atoms with van der Waals surface area (Å²) in [6, 6.07) is 10.6. The van der Waals surface area contributed by atoms with Crippen LogP contribution in [0.15, 0.2) is 30.3 Å². The van der Waals surface area contributed by atoms with Crippen LogP contribution < -0.4 is 5.32 Å². The van der Waals surface area contributed by atoms with Crippen molar-refractivity contribution in [1.82, 2.24) is 5.32 Å². The molecule has 1 aliphatic rings. The molecule has 0 bridgehead atoms. The summed E-state index contributed by atoms with van der Waals surface area (Å²) in [5.74, 6) is 0.779. The molecule has 2 N–H and O–H groups in total. The van der Waals surface area contributed by atoms with Gasteiger partial charge < -0.3 is 15.2 Å². The van der Waals surface area contributed by atoms with Crippen LogP contribution in [-0.2, 0) is 4.74 Å². The van der Waals surface area contributed by atoms with Crippen LogP contribution in [0.4, 0.5) is 0 Å². The summed E-state index contributed by atoms with van der Waals surface area (Å²) in [6.45, 7) is 5.24. The van der Waals surface area contributed by atoms with Gasteiger partial charge in [0, 0.05) is 12.6 Å². The van der Waals surface area contributed by atoms with Crippen molar-refractivity contribution in [1.29, 1.82) is 0 Å². The topological polar surface area (TPSA) is 41.5 Å². The van der Waals surface area contributed by atoms with Crippen LogP contribution in [0, 0.1) is 5.92 Å². The van der Waals surface area contributed by atoms with Crippen molar-refractivity contribution in [3.05, 3.63) is 35.9 Å². The first kappa shape index (κ1) is 16.5. The molecule has 3 unspecified atom stereocenters. The Bertz CT molecular complexity index is 389. The van der Waals surface area contributed by atoms with Crippen molar-refractivity contribution in [2.75, 3.05) is 13.2 Å². The summed E-state index contributed by atoms with van der Waals surface area (Å²) < 4.78 is 5.76. The lowest BCUT2D eigenvalue weighted by Gasteiger charge is -2.23. The minimum absolute atomic E-state index is 0.0214. The summed E-state index contributed by atoms with van der Waals surface area (Å²) in [6.07, 6.45) is 4.94. The van der Waals surface area contributed by atoms with Crippen LogP contribution in [0.2, 0.25) is 0 Å². The maximum Gasteiger partial charge on any atom is 0.0898 e. The molecule has 0 radical (unpaired) electrons. The summed E-state index contributed by atoms with van der Waals surface area (Å²) in [5, 5.41) is 13.5. The number of hydrogen-bond donors (Lipinski definition) is 2. The average Bonchev–Trinajstić information content (AvgIpc) is 3.05. The van der Waals surface area contributed by atoms with E-state index in [2.05, 4.69) is 24.4 Å². The molecule has 0 aliphatic heterocycles. The van der Waals surface area contributed by atoms with Gasteiger partial charge >= 0.3 is 0 Å². The third kappa shape index (κ3) is 5.42. The maximum atomic E-state index is 10.0. The zero-order chi connectivity index (χ0) is 15.1. The largest absolute Gasteiger partial charge is 0.389 e. The van der Waals surface area contributed by atoms with Crippen LogP contribution in [0.3, 0.4) is 0 Å². The predicted molar refractivity (Wildman–Crippen MR) is 86.2 cm³/mol. The summed E-state index contributed by atoms with van der Waals surface area (Å²) in [4.78, 5) is 0. The molecular weight excluding hydrogens is 262 g/mol. The predicted octanol–water partition coefficient (Wildman–Crippen LogP) is 3.29. The SMILES string of the molecule is CC(OCC(O)CNC(C)C1CCCC1)c1ccccc1. The highest BCUT2D eigenvalue weighted by Crippen LogP contribution is 2.27. The number of aliphatic hydroxyl groups excluding tert-OH is 1. The van der Waals surface area contributed by atoms with E-state index in [1.807, 2.05) is 25.1 Å². The normalized spacial score (nSPS) is 20.3. The molecule has 0 saturated heterocycles. The molecule has 0 aromatic heterocycles. The van der Waals surface area contributed by atoms with E-state index in [-0.39, 0.29) is 6.10 Å². The fourth-order valence-electron chi connectivity index (χ4n) is 3.08. The van der Waals surface area contributed by atoms with E-state index in [4.69, 9.17) is 4.74 Å². The maximum absolute atomic E-state index is 10.0. The first-order valence-corrected chi connectivity index (χ1v) is 8.25. The molecule has 1 aliphatic carbocycles. The molecule has 1 fully saturated rings. The quantitative estimate of drug-likeness (QED) is 0.772. The van der Waals surface area contributed by atoms with E-state index < -0.39 is 6.10 Å². The van der Waals surface area contributed by atoms with Crippen LogP contribution in [-0.4, -0.2) is 30.4 Å². The monoisotopic (exact) mass is 291 g/mol. The van der Waals surface area contributed by atoms with Crippen molar-refractivity contribution < 1.29 is 9.84 Å². The lowest BCUT2D eigenvalue weighted by Crippen LogP contribution is -2.39. The van der Waals surface area contributed by atoms with Crippen LogP contribution >= 0.6 is 0 Å². The molecule has 0 heterocycles. The van der Waals surface area contributed by atoms with Crippen molar-refractivity contribution in [2.45, 2.75) is 57.8 Å². The van der Waals surface area contributed by atoms with E-state index in [0.29, 0.717) is 19.2 Å². The fraction of sp³-hybridized carbons (Fsp3) is 0.667. The fourth-order valence-corrected chi connectivity index (χ4v) is 3.08. The zero-order valence-electron chi connectivity index (χ0n) is 13.3. The Morgan fingerprint density at radius 3 is 2.52 bits per heavy atom. The number of hydrogen-bond acceptors (Lipinski definition) is 3. The van der Waals surface area contributed by atoms with Crippen molar-refractivity contribution in [2.24, 2.45) is 5.92 Å². The third-order valence-corrected chi connectivity index (χ3v) is 4.59. The molecule has 3 heteroatoms. The van der Waals surface area contributed by atoms with E-state index in [9.17, 15) is 5.11 Å². The molecule has 118 valence electrons. The van der Waals surface area contributed by atoms with Gasteiger partial charge in [0.1, 0.15) is 0 Å². The van der Waals surface area contributed by atoms with Gasteiger partial charge in [-0.05, 0) is 38.2 Å². The van der Waals surface area contributed by atoms with E-state index in [1.165, 1.54) is 25.7 Å². The summed E-state index contributed by atoms with van der Waals surface area (Å²) >= 11 is 0. The van der Waals surface area contributed by atoms with Crippen LogP contribution in [0.25, 0.3) is 0 Å². The molecule has 2 rings (SSSR count). The van der Waals surface area contributed by atoms with Crippen LogP contribution in [0.5, 0.6) is 0 Å². The van der Waals surface area contributed by atoms with Crippen molar-refractivity contribution >= 4 is 0 Å².